The van der Waals surface area contributed by atoms with Gasteiger partial charge in [-0.25, -0.2) is 13.4 Å². The van der Waals surface area contributed by atoms with Gasteiger partial charge < -0.3 is 20.1 Å². The topological polar surface area (TPSA) is 109 Å². The first kappa shape index (κ1) is 32.9. The zero-order valence-corrected chi connectivity index (χ0v) is 24.3. The fourth-order valence-electron chi connectivity index (χ4n) is 5.01. The number of benzene rings is 2. The van der Waals surface area contributed by atoms with Crippen LogP contribution >= 0.6 is 0 Å². The maximum atomic E-state index is 13.0. The summed E-state index contributed by atoms with van der Waals surface area (Å²) in [6.45, 7) is 1.76. The van der Waals surface area contributed by atoms with Gasteiger partial charge in [-0.1, -0.05) is 37.8 Å². The third-order valence-electron chi connectivity index (χ3n) is 7.44. The van der Waals surface area contributed by atoms with Gasteiger partial charge in [0.2, 0.25) is 0 Å². The maximum Gasteiger partial charge on any atom is 0.416 e. The van der Waals surface area contributed by atoms with E-state index >= 15 is 0 Å². The number of hydrogen-bond acceptors (Lipinski definition) is 7. The zero-order valence-electron chi connectivity index (χ0n) is 23.5. The number of rotatable bonds is 11. The summed E-state index contributed by atoms with van der Waals surface area (Å²) in [5.74, 6) is -0.946. The molecule has 2 N–H and O–H groups in total. The Bertz CT molecular complexity index is 1560. The minimum atomic E-state index is -4.50. The summed E-state index contributed by atoms with van der Waals surface area (Å²) >= 11 is 0. The lowest BCUT2D eigenvalue weighted by Crippen LogP contribution is -2.33. The largest absolute Gasteiger partial charge is 0.438 e. The lowest BCUT2D eigenvalue weighted by molar-refractivity contribution is -0.137. The van der Waals surface area contributed by atoms with Crippen LogP contribution in [0.1, 0.15) is 52.4 Å². The van der Waals surface area contributed by atoms with Crippen LogP contribution in [0.15, 0.2) is 84.1 Å². The number of halogens is 5. The number of carbonyl (C=O) groups excluding carboxylic acids is 1. The second-order valence-corrected chi connectivity index (χ2v) is 12.4. The van der Waals surface area contributed by atoms with Crippen molar-refractivity contribution in [2.75, 3.05) is 23.8 Å². The molecule has 1 aliphatic heterocycles. The summed E-state index contributed by atoms with van der Waals surface area (Å²) < 4.78 is 93.8. The van der Waals surface area contributed by atoms with E-state index in [0.29, 0.717) is 16.9 Å². The molecule has 1 aromatic heterocycles. The third kappa shape index (κ3) is 7.53. The summed E-state index contributed by atoms with van der Waals surface area (Å²) in [6, 6.07) is 11.7. The highest BCUT2D eigenvalue weighted by molar-refractivity contribution is 7.91. The molecule has 0 spiro atoms. The molecule has 2 aromatic carbocycles. The molecule has 8 nitrogen and oxygen atoms in total. The van der Waals surface area contributed by atoms with Gasteiger partial charge in [-0.2, -0.15) is 22.0 Å². The van der Waals surface area contributed by atoms with Crippen molar-refractivity contribution in [3.8, 4) is 0 Å². The molecule has 1 fully saturated rings. The van der Waals surface area contributed by atoms with Gasteiger partial charge in [-0.15, -0.1) is 0 Å². The summed E-state index contributed by atoms with van der Waals surface area (Å²) in [6.07, 6.45) is -3.02. The van der Waals surface area contributed by atoms with E-state index in [2.05, 4.69) is 21.6 Å². The van der Waals surface area contributed by atoms with Crippen LogP contribution in [0.4, 0.5) is 27.8 Å². The normalized spacial score (nSPS) is 17.9. The monoisotopic (exact) mass is 639 g/mol. The van der Waals surface area contributed by atoms with Crippen LogP contribution in [-0.4, -0.2) is 56.0 Å². The highest BCUT2D eigenvalue weighted by Gasteiger charge is 2.38. The molecule has 236 valence electrons. The average molecular weight is 640 g/mol. The zero-order chi connectivity index (χ0) is 32.2. The Labute approximate surface area is 251 Å². The van der Waals surface area contributed by atoms with Crippen LogP contribution in [0, 0.1) is 0 Å². The number of aromatic nitrogens is 1. The Morgan fingerprint density at radius 2 is 1.77 bits per heavy atom. The van der Waals surface area contributed by atoms with Crippen molar-refractivity contribution in [3.05, 3.63) is 101 Å². The van der Waals surface area contributed by atoms with E-state index in [4.69, 9.17) is 0 Å². The number of ether oxygens (including phenoxy) is 1. The molecule has 4 rings (SSSR count). The van der Waals surface area contributed by atoms with Crippen molar-refractivity contribution in [2.45, 2.75) is 49.0 Å². The number of sulfone groups is 1. The lowest BCUT2D eigenvalue weighted by Gasteiger charge is -2.27. The van der Waals surface area contributed by atoms with Crippen LogP contribution in [0.2, 0.25) is 0 Å². The van der Waals surface area contributed by atoms with Gasteiger partial charge in [-0.3, -0.25) is 4.79 Å². The van der Waals surface area contributed by atoms with Crippen molar-refractivity contribution >= 4 is 21.6 Å². The highest BCUT2D eigenvalue weighted by Crippen LogP contribution is 2.39. The van der Waals surface area contributed by atoms with Crippen molar-refractivity contribution < 1.29 is 45.0 Å². The standard InChI is InChI=1S/C30H30F5N3O5S/c1-3-44(41,42)24-11-6-20(7-12-24)25(17-39)37-28(40)21-8-13-27(36-15-21)38-16-22(14-26(38)18(2)43-29(31)32)19-4-9-23(10-5-19)30(33,34)35/h4-13,15,22,25-26,29,39H,2-3,14,16-17H2,1H3,(H,37,40)/t22?,25-,26-/m0/s1. The van der Waals surface area contributed by atoms with Gasteiger partial charge in [0, 0.05) is 18.7 Å². The molecule has 14 heteroatoms. The predicted molar refractivity (Wildman–Crippen MR) is 152 cm³/mol. The van der Waals surface area contributed by atoms with Gasteiger partial charge in [0.25, 0.3) is 5.91 Å². The Morgan fingerprint density at radius 3 is 2.30 bits per heavy atom. The minimum Gasteiger partial charge on any atom is -0.438 e. The molecule has 1 amide bonds. The highest BCUT2D eigenvalue weighted by atomic mass is 32.2. The van der Waals surface area contributed by atoms with E-state index < -0.39 is 52.8 Å². The van der Waals surface area contributed by atoms with E-state index in [1.54, 1.807) is 4.90 Å². The van der Waals surface area contributed by atoms with Crippen LogP contribution in [0.5, 0.6) is 0 Å². The number of pyridine rings is 1. The van der Waals surface area contributed by atoms with Gasteiger partial charge in [0.15, 0.2) is 9.84 Å². The number of aliphatic hydroxyl groups is 1. The number of amides is 1. The van der Waals surface area contributed by atoms with Gasteiger partial charge in [-0.05, 0) is 53.9 Å². The van der Waals surface area contributed by atoms with Gasteiger partial charge in [0.05, 0.1) is 40.5 Å². The fraction of sp³-hybridized carbons (Fsp3) is 0.333. The Kier molecular flexibility index (Phi) is 9.94. The van der Waals surface area contributed by atoms with E-state index in [1.807, 2.05) is 0 Å². The molecule has 1 saturated heterocycles. The molecular formula is C30H30F5N3O5S. The molecule has 0 radical (unpaired) electrons. The lowest BCUT2D eigenvalue weighted by atomic mass is 9.95. The first-order valence-electron chi connectivity index (χ1n) is 13.5. The molecule has 0 aliphatic carbocycles. The molecule has 1 aliphatic rings. The third-order valence-corrected chi connectivity index (χ3v) is 9.19. The first-order valence-corrected chi connectivity index (χ1v) is 15.2. The van der Waals surface area contributed by atoms with Crippen molar-refractivity contribution in [1.29, 1.82) is 0 Å². The molecule has 0 bridgehead atoms. The Morgan fingerprint density at radius 1 is 1.11 bits per heavy atom. The first-order chi connectivity index (χ1) is 20.7. The number of nitrogens with zero attached hydrogens (tertiary/aromatic N) is 2. The fourth-order valence-corrected chi connectivity index (χ4v) is 5.90. The summed E-state index contributed by atoms with van der Waals surface area (Å²) in [4.78, 5) is 19.0. The number of nitrogens with one attached hydrogen (secondary N) is 1. The second kappa shape index (κ2) is 13.3. The van der Waals surface area contributed by atoms with Gasteiger partial charge >= 0.3 is 12.8 Å². The number of hydrogen-bond donors (Lipinski definition) is 2. The number of carbonyl (C=O) groups is 1. The average Bonchev–Trinajstić information content (AvgIpc) is 3.45. The number of anilines is 1. The van der Waals surface area contributed by atoms with Gasteiger partial charge in [0.1, 0.15) is 11.6 Å². The van der Waals surface area contributed by atoms with E-state index in [-0.39, 0.29) is 40.9 Å². The van der Waals surface area contributed by atoms with Crippen LogP contribution in [0.25, 0.3) is 0 Å². The maximum absolute atomic E-state index is 13.0. The Balaban J connectivity index is 1.51. The molecule has 2 heterocycles. The number of aliphatic hydroxyl groups excluding tert-OH is 1. The molecule has 44 heavy (non-hydrogen) atoms. The SMILES string of the molecule is C=C(OC(F)F)[C@@H]1CC(c2ccc(C(F)(F)F)cc2)CN1c1ccc(C(=O)N[C@@H](CO)c2ccc(S(=O)(=O)CC)cc2)cn1. The summed E-state index contributed by atoms with van der Waals surface area (Å²) in [5.41, 5.74) is 0.363. The Hall–Kier alpha value is -4.04. The van der Waals surface area contributed by atoms with Crippen LogP contribution in [-0.2, 0) is 20.8 Å². The molecule has 3 aromatic rings. The minimum absolute atomic E-state index is 0.0727. The molecular weight excluding hydrogens is 609 g/mol. The van der Waals surface area contributed by atoms with Crippen molar-refractivity contribution in [1.82, 2.24) is 10.3 Å². The second-order valence-electron chi connectivity index (χ2n) is 10.2. The van der Waals surface area contributed by atoms with E-state index in [1.165, 1.54) is 61.7 Å². The van der Waals surface area contributed by atoms with E-state index in [0.717, 1.165) is 12.1 Å². The molecule has 3 atom stereocenters. The predicted octanol–water partition coefficient (Wildman–Crippen LogP) is 5.47. The van der Waals surface area contributed by atoms with Crippen molar-refractivity contribution in [2.24, 2.45) is 0 Å². The summed E-state index contributed by atoms with van der Waals surface area (Å²) in [7, 11) is -3.42. The van der Waals surface area contributed by atoms with Crippen LogP contribution in [0.3, 0.4) is 0 Å². The van der Waals surface area contributed by atoms with Crippen molar-refractivity contribution in [3.63, 3.8) is 0 Å². The van der Waals surface area contributed by atoms with Crippen LogP contribution < -0.4 is 10.2 Å². The van der Waals surface area contributed by atoms with E-state index in [9.17, 15) is 40.3 Å². The quantitative estimate of drug-likeness (QED) is 0.212. The molecule has 1 unspecified atom stereocenters. The number of alkyl halides is 5. The summed E-state index contributed by atoms with van der Waals surface area (Å²) in [5, 5.41) is 12.5. The molecule has 0 saturated carbocycles. The smallest absolute Gasteiger partial charge is 0.416 e.